The zero-order valence-electron chi connectivity index (χ0n) is 13.2. The smallest absolute Gasteiger partial charge is 0.218 e. The van der Waals surface area contributed by atoms with E-state index >= 15 is 0 Å². The van der Waals surface area contributed by atoms with Gasteiger partial charge in [-0.25, -0.2) is 30.7 Å². The fourth-order valence-corrected chi connectivity index (χ4v) is 4.07. The van der Waals surface area contributed by atoms with Crippen molar-refractivity contribution in [2.45, 2.75) is 17.2 Å². The summed E-state index contributed by atoms with van der Waals surface area (Å²) in [6.07, 6.45) is 0. The molecule has 0 spiro atoms. The summed E-state index contributed by atoms with van der Waals surface area (Å²) in [7, 11) is -6.20. The highest BCUT2D eigenvalue weighted by atomic mass is 35.5. The van der Waals surface area contributed by atoms with Crippen molar-refractivity contribution in [1.29, 1.82) is 0 Å². The Kier molecular flexibility index (Phi) is 6.17. The molecule has 0 aliphatic heterocycles. The maximum atomic E-state index is 13.8. The highest BCUT2D eigenvalue weighted by Crippen LogP contribution is 2.19. The van der Waals surface area contributed by atoms with E-state index in [0.29, 0.717) is 11.1 Å². The molecule has 0 unspecified atom stereocenters. The van der Waals surface area contributed by atoms with E-state index in [1.807, 2.05) is 0 Å². The van der Waals surface area contributed by atoms with Crippen LogP contribution < -0.4 is 9.44 Å². The van der Waals surface area contributed by atoms with Crippen LogP contribution in [0.25, 0.3) is 0 Å². The molecule has 0 aromatic heterocycles. The second-order valence-corrected chi connectivity index (χ2v) is 9.28. The van der Waals surface area contributed by atoms with Crippen molar-refractivity contribution in [2.24, 2.45) is 0 Å². The lowest BCUT2D eigenvalue weighted by Gasteiger charge is -2.09. The van der Waals surface area contributed by atoms with Crippen molar-refractivity contribution in [3.05, 3.63) is 64.4 Å². The van der Waals surface area contributed by atoms with Gasteiger partial charge in [0, 0.05) is 11.6 Å². The van der Waals surface area contributed by atoms with Gasteiger partial charge in [0.15, 0.2) is 0 Å². The number of nitrogens with one attached hydrogen (secondary N) is 2. The molecule has 0 radical (unpaired) electrons. The Labute approximate surface area is 151 Å². The standard InChI is InChI=1S/C15H16ClFN2O4S2/c1-18-24(20,21)10-12-4-2-3-11(7-12)9-19-25(22,23)15-6-5-13(16)8-14(15)17/h2-8,18-19H,9-10H2,1H3. The molecule has 0 amide bonds. The Hall–Kier alpha value is -1.52. The van der Waals surface area contributed by atoms with Crippen LogP contribution in [0.1, 0.15) is 11.1 Å². The lowest BCUT2D eigenvalue weighted by atomic mass is 10.1. The molecule has 0 bridgehead atoms. The second-order valence-electron chi connectivity index (χ2n) is 5.18. The molecule has 2 N–H and O–H groups in total. The van der Waals surface area contributed by atoms with E-state index in [2.05, 4.69) is 9.44 Å². The van der Waals surface area contributed by atoms with Gasteiger partial charge in [0.1, 0.15) is 10.7 Å². The third-order valence-electron chi connectivity index (χ3n) is 3.31. The number of sulfonamides is 2. The van der Waals surface area contributed by atoms with Gasteiger partial charge in [0.2, 0.25) is 20.0 Å². The lowest BCUT2D eigenvalue weighted by Crippen LogP contribution is -2.24. The van der Waals surface area contributed by atoms with Crippen molar-refractivity contribution in [1.82, 2.24) is 9.44 Å². The molecule has 10 heteroatoms. The number of hydrogen-bond acceptors (Lipinski definition) is 4. The van der Waals surface area contributed by atoms with Crippen LogP contribution in [0, 0.1) is 5.82 Å². The van der Waals surface area contributed by atoms with E-state index in [9.17, 15) is 21.2 Å². The minimum Gasteiger partial charge on any atom is -0.218 e. The average molecular weight is 407 g/mol. The van der Waals surface area contributed by atoms with Crippen molar-refractivity contribution in [3.8, 4) is 0 Å². The third-order valence-corrected chi connectivity index (χ3v) is 6.31. The van der Waals surface area contributed by atoms with Crippen LogP contribution in [0.15, 0.2) is 47.4 Å². The van der Waals surface area contributed by atoms with Crippen LogP contribution in [-0.4, -0.2) is 23.9 Å². The van der Waals surface area contributed by atoms with Crippen molar-refractivity contribution >= 4 is 31.6 Å². The Morgan fingerprint density at radius 3 is 2.36 bits per heavy atom. The number of benzene rings is 2. The van der Waals surface area contributed by atoms with Gasteiger partial charge in [0.05, 0.1) is 5.75 Å². The van der Waals surface area contributed by atoms with Gasteiger partial charge in [-0.2, -0.15) is 0 Å². The predicted molar refractivity (Wildman–Crippen MR) is 93.6 cm³/mol. The third kappa shape index (κ3) is 5.48. The monoisotopic (exact) mass is 406 g/mol. The van der Waals surface area contributed by atoms with E-state index in [0.717, 1.165) is 12.1 Å². The van der Waals surface area contributed by atoms with Crippen molar-refractivity contribution < 1.29 is 21.2 Å². The first kappa shape index (κ1) is 19.8. The maximum absolute atomic E-state index is 13.8. The summed E-state index contributed by atoms with van der Waals surface area (Å²) in [4.78, 5) is -0.509. The summed E-state index contributed by atoms with van der Waals surface area (Å²) >= 11 is 5.61. The molecule has 6 nitrogen and oxygen atoms in total. The summed E-state index contributed by atoms with van der Waals surface area (Å²) in [6.45, 7) is -0.113. The molecule has 0 saturated carbocycles. The average Bonchev–Trinajstić information content (AvgIpc) is 2.53. The quantitative estimate of drug-likeness (QED) is 0.735. The molecule has 0 saturated heterocycles. The largest absolute Gasteiger partial charge is 0.243 e. The molecule has 25 heavy (non-hydrogen) atoms. The maximum Gasteiger partial charge on any atom is 0.243 e. The Balaban J connectivity index is 2.15. The summed E-state index contributed by atoms with van der Waals surface area (Å²) in [5, 5.41) is 0.0925. The number of halogens is 2. The molecule has 0 fully saturated rings. The van der Waals surface area contributed by atoms with Gasteiger partial charge < -0.3 is 0 Å². The first-order valence-corrected chi connectivity index (χ1v) is 10.6. The summed E-state index contributed by atoms with van der Waals surface area (Å²) in [5.74, 6) is -1.18. The second kappa shape index (κ2) is 7.79. The normalized spacial score (nSPS) is 12.3. The van der Waals surface area contributed by atoms with E-state index < -0.39 is 30.8 Å². The number of rotatable bonds is 7. The topological polar surface area (TPSA) is 92.3 Å². The molecular weight excluding hydrogens is 391 g/mol. The Morgan fingerprint density at radius 2 is 1.72 bits per heavy atom. The molecule has 0 aliphatic rings. The van der Waals surface area contributed by atoms with E-state index in [4.69, 9.17) is 11.6 Å². The minimum absolute atomic E-state index is 0.0925. The van der Waals surface area contributed by atoms with Crippen LogP contribution in [0.2, 0.25) is 5.02 Å². The zero-order valence-corrected chi connectivity index (χ0v) is 15.6. The van der Waals surface area contributed by atoms with E-state index in [1.54, 1.807) is 24.3 Å². The Bertz CT molecular complexity index is 979. The van der Waals surface area contributed by atoms with Gasteiger partial charge in [0.25, 0.3) is 0 Å². The van der Waals surface area contributed by atoms with Crippen LogP contribution in [0.4, 0.5) is 4.39 Å². The first-order valence-electron chi connectivity index (χ1n) is 7.07. The fourth-order valence-electron chi connectivity index (χ4n) is 2.07. The number of hydrogen-bond donors (Lipinski definition) is 2. The van der Waals surface area contributed by atoms with Gasteiger partial charge in [-0.15, -0.1) is 0 Å². The van der Waals surface area contributed by atoms with Gasteiger partial charge in [-0.3, -0.25) is 0 Å². The summed E-state index contributed by atoms with van der Waals surface area (Å²) in [6, 6.07) is 9.71. The van der Waals surface area contributed by atoms with Crippen molar-refractivity contribution in [3.63, 3.8) is 0 Å². The van der Waals surface area contributed by atoms with Crippen LogP contribution in [0.3, 0.4) is 0 Å². The molecule has 2 aromatic rings. The molecule has 2 aromatic carbocycles. The molecule has 0 aliphatic carbocycles. The molecular formula is C15H16ClFN2O4S2. The first-order chi connectivity index (χ1) is 11.6. The van der Waals surface area contributed by atoms with E-state index in [-0.39, 0.29) is 17.3 Å². The highest BCUT2D eigenvalue weighted by molar-refractivity contribution is 7.89. The van der Waals surface area contributed by atoms with Crippen molar-refractivity contribution in [2.75, 3.05) is 7.05 Å². The molecule has 136 valence electrons. The van der Waals surface area contributed by atoms with Gasteiger partial charge in [-0.1, -0.05) is 35.9 Å². The predicted octanol–water partition coefficient (Wildman–Crippen LogP) is 2.01. The molecule has 0 heterocycles. The lowest BCUT2D eigenvalue weighted by molar-refractivity contribution is 0.556. The van der Waals surface area contributed by atoms with Crippen LogP contribution >= 0.6 is 11.6 Å². The zero-order chi connectivity index (χ0) is 18.7. The van der Waals surface area contributed by atoms with Crippen LogP contribution in [-0.2, 0) is 32.3 Å². The van der Waals surface area contributed by atoms with E-state index in [1.165, 1.54) is 13.1 Å². The highest BCUT2D eigenvalue weighted by Gasteiger charge is 2.19. The molecule has 2 rings (SSSR count). The minimum atomic E-state index is -4.07. The van der Waals surface area contributed by atoms with Gasteiger partial charge in [-0.05, 0) is 36.4 Å². The van der Waals surface area contributed by atoms with Crippen LogP contribution in [0.5, 0.6) is 0 Å². The molecule has 0 atom stereocenters. The Morgan fingerprint density at radius 1 is 1.04 bits per heavy atom. The summed E-state index contributed by atoms with van der Waals surface area (Å²) < 4.78 is 65.8. The summed E-state index contributed by atoms with van der Waals surface area (Å²) in [5.41, 5.74) is 1.05. The SMILES string of the molecule is CNS(=O)(=O)Cc1cccc(CNS(=O)(=O)c2ccc(Cl)cc2F)c1. The fraction of sp³-hybridized carbons (Fsp3) is 0.200. The van der Waals surface area contributed by atoms with Gasteiger partial charge >= 0.3 is 0 Å².